The zero-order chi connectivity index (χ0) is 29.2. The zero-order valence-corrected chi connectivity index (χ0v) is 23.2. The molecule has 0 aliphatic carbocycles. The van der Waals surface area contributed by atoms with Crippen LogP contribution in [0.25, 0.3) is 11.2 Å². The number of imidazole rings is 1. The maximum Gasteiger partial charge on any atom is 0.407 e. The van der Waals surface area contributed by atoms with Crippen LogP contribution in [0.15, 0.2) is 27.9 Å². The first-order valence-corrected chi connectivity index (χ1v) is 12.9. The van der Waals surface area contributed by atoms with E-state index in [0.717, 1.165) is 17.4 Å². The van der Waals surface area contributed by atoms with Gasteiger partial charge in [0.2, 0.25) is 5.95 Å². The van der Waals surface area contributed by atoms with Crippen molar-refractivity contribution in [3.05, 3.63) is 50.4 Å². The number of rotatable bonds is 6. The van der Waals surface area contributed by atoms with Gasteiger partial charge in [-0.1, -0.05) is 5.92 Å². The zero-order valence-electron chi connectivity index (χ0n) is 23.2. The summed E-state index contributed by atoms with van der Waals surface area (Å²) in [5, 5.41) is 12.5. The molecule has 3 aromatic heterocycles. The highest BCUT2D eigenvalue weighted by atomic mass is 16.6. The van der Waals surface area contributed by atoms with Crippen molar-refractivity contribution in [2.45, 2.75) is 65.3 Å². The Morgan fingerprint density at radius 2 is 2.00 bits per heavy atom. The molecule has 13 heteroatoms. The molecule has 0 radical (unpaired) electrons. The highest BCUT2D eigenvalue weighted by Gasteiger charge is 2.29. The van der Waals surface area contributed by atoms with E-state index in [1.807, 2.05) is 4.90 Å². The molecule has 1 saturated heterocycles. The molecule has 0 bridgehead atoms. The van der Waals surface area contributed by atoms with Gasteiger partial charge in [-0.05, 0) is 52.7 Å². The summed E-state index contributed by atoms with van der Waals surface area (Å²) >= 11 is 0. The number of nitrogens with zero attached hydrogens (tertiary/aromatic N) is 6. The summed E-state index contributed by atoms with van der Waals surface area (Å²) < 4.78 is 9.29. The Bertz CT molecular complexity index is 1630. The van der Waals surface area contributed by atoms with Crippen LogP contribution < -0.4 is 21.5 Å². The van der Waals surface area contributed by atoms with E-state index in [1.165, 1.54) is 29.9 Å². The molecule has 4 heterocycles. The maximum atomic E-state index is 13.8. The number of anilines is 1. The number of nitrogens with one attached hydrogen (secondary N) is 1. The standard InChI is InChI=1S/C27H33N7O6/c1-6-7-14-33-20-21(30-24(33)32-13-9-10-17(15-32)29-25(38)40-27(2,3)4)31(5)26(39)34(22(20)35)16-19-18(23(36)37)11-8-12-28-19/h8,11-12,17H,9-10,13-16H2,1-5H3,(H,29,38)(H,36,37)/t17-/m1/s1. The normalized spacial score (nSPS) is 15.4. The molecule has 0 unspecified atom stereocenters. The van der Waals surface area contributed by atoms with Crippen LogP contribution in [-0.2, 0) is 24.9 Å². The molecule has 0 saturated carbocycles. The fraction of sp³-hybridized carbons (Fsp3) is 0.481. The number of fused-ring (bicyclic) bond motifs is 1. The van der Waals surface area contributed by atoms with E-state index in [4.69, 9.17) is 9.72 Å². The van der Waals surface area contributed by atoms with Crippen LogP contribution in [0.3, 0.4) is 0 Å². The van der Waals surface area contributed by atoms with Crippen molar-refractivity contribution in [1.82, 2.24) is 29.0 Å². The summed E-state index contributed by atoms with van der Waals surface area (Å²) in [6.45, 7) is 7.92. The number of carbonyl (C=O) groups is 2. The average molecular weight is 552 g/mol. The van der Waals surface area contributed by atoms with E-state index in [9.17, 15) is 24.3 Å². The predicted octanol–water partition coefficient (Wildman–Crippen LogP) is 1.56. The third kappa shape index (κ3) is 5.85. The van der Waals surface area contributed by atoms with Crippen molar-refractivity contribution in [2.75, 3.05) is 18.0 Å². The van der Waals surface area contributed by atoms with Gasteiger partial charge in [0, 0.05) is 32.4 Å². The first kappa shape index (κ1) is 28.4. The topological polar surface area (TPSA) is 154 Å². The van der Waals surface area contributed by atoms with Gasteiger partial charge in [0.25, 0.3) is 5.56 Å². The van der Waals surface area contributed by atoms with Crippen LogP contribution in [0.5, 0.6) is 0 Å². The number of ether oxygens (including phenoxy) is 1. The molecule has 40 heavy (non-hydrogen) atoms. The predicted molar refractivity (Wildman–Crippen MR) is 148 cm³/mol. The van der Waals surface area contributed by atoms with Gasteiger partial charge in [-0.3, -0.25) is 23.5 Å². The van der Waals surface area contributed by atoms with Crippen LogP contribution in [0.4, 0.5) is 10.7 Å². The van der Waals surface area contributed by atoms with Gasteiger partial charge >= 0.3 is 17.8 Å². The lowest BCUT2D eigenvalue weighted by Crippen LogP contribution is -2.49. The largest absolute Gasteiger partial charge is 0.478 e. The van der Waals surface area contributed by atoms with E-state index in [0.29, 0.717) is 19.0 Å². The molecule has 0 aromatic carbocycles. The van der Waals surface area contributed by atoms with Gasteiger partial charge in [-0.15, -0.1) is 5.92 Å². The van der Waals surface area contributed by atoms with Crippen molar-refractivity contribution >= 4 is 29.2 Å². The molecule has 13 nitrogen and oxygen atoms in total. The molecule has 1 atom stereocenters. The first-order valence-electron chi connectivity index (χ1n) is 12.9. The first-order chi connectivity index (χ1) is 18.9. The highest BCUT2D eigenvalue weighted by molar-refractivity contribution is 5.88. The third-order valence-corrected chi connectivity index (χ3v) is 6.48. The van der Waals surface area contributed by atoms with Gasteiger partial charge in [0.15, 0.2) is 11.2 Å². The van der Waals surface area contributed by atoms with Crippen LogP contribution in [0.1, 0.15) is 56.6 Å². The molecule has 1 amide bonds. The van der Waals surface area contributed by atoms with Crippen molar-refractivity contribution in [3.63, 3.8) is 0 Å². The Hall–Kier alpha value is -4.60. The van der Waals surface area contributed by atoms with Crippen molar-refractivity contribution in [3.8, 4) is 11.8 Å². The van der Waals surface area contributed by atoms with Gasteiger partial charge < -0.3 is 20.1 Å². The summed E-state index contributed by atoms with van der Waals surface area (Å²) in [6, 6.07) is 2.63. The number of aryl methyl sites for hydroxylation is 1. The number of alkyl carbamates (subject to hydrolysis) is 1. The fourth-order valence-corrected chi connectivity index (χ4v) is 4.71. The minimum absolute atomic E-state index is 0.0836. The van der Waals surface area contributed by atoms with E-state index in [1.54, 1.807) is 32.3 Å². The minimum atomic E-state index is -1.21. The number of aromatic carboxylic acids is 1. The molecule has 2 N–H and O–H groups in total. The quantitative estimate of drug-likeness (QED) is 0.435. The van der Waals surface area contributed by atoms with Crippen molar-refractivity contribution in [2.24, 2.45) is 7.05 Å². The molecule has 1 fully saturated rings. The average Bonchev–Trinajstić information content (AvgIpc) is 3.27. The number of carboxylic acids is 1. The summed E-state index contributed by atoms with van der Waals surface area (Å²) in [6.07, 6.45) is 2.40. The van der Waals surface area contributed by atoms with Gasteiger partial charge in [-0.2, -0.15) is 4.98 Å². The van der Waals surface area contributed by atoms with Crippen LogP contribution in [-0.4, -0.2) is 65.6 Å². The lowest BCUT2D eigenvalue weighted by Gasteiger charge is -2.34. The van der Waals surface area contributed by atoms with Crippen LogP contribution in [0.2, 0.25) is 0 Å². The number of amides is 1. The smallest absolute Gasteiger partial charge is 0.407 e. The Kier molecular flexibility index (Phi) is 7.99. The van der Waals surface area contributed by atoms with E-state index < -0.39 is 28.9 Å². The van der Waals surface area contributed by atoms with Crippen LogP contribution in [0, 0.1) is 11.8 Å². The second-order valence-electron chi connectivity index (χ2n) is 10.6. The lowest BCUT2D eigenvalue weighted by molar-refractivity contribution is 0.0499. The van der Waals surface area contributed by atoms with Gasteiger partial charge in [0.05, 0.1) is 24.3 Å². The lowest BCUT2D eigenvalue weighted by atomic mass is 10.1. The van der Waals surface area contributed by atoms with Crippen molar-refractivity contribution < 1.29 is 19.4 Å². The summed E-state index contributed by atoms with van der Waals surface area (Å²) in [5.74, 6) is 5.05. The summed E-state index contributed by atoms with van der Waals surface area (Å²) in [7, 11) is 1.51. The molecule has 4 rings (SSSR count). The second-order valence-corrected chi connectivity index (χ2v) is 10.6. The molecule has 1 aliphatic rings. The Morgan fingerprint density at radius 1 is 1.25 bits per heavy atom. The minimum Gasteiger partial charge on any atom is -0.478 e. The number of hydrogen-bond acceptors (Lipinski definition) is 8. The number of hydrogen-bond donors (Lipinski definition) is 2. The number of carbonyl (C=O) groups excluding carboxylic acids is 1. The van der Waals surface area contributed by atoms with E-state index in [2.05, 4.69) is 22.1 Å². The number of carboxylic acid groups (broad SMARTS) is 1. The van der Waals surface area contributed by atoms with E-state index in [-0.39, 0.29) is 41.6 Å². The molecular formula is C27H33N7O6. The number of piperidine rings is 1. The summed E-state index contributed by atoms with van der Waals surface area (Å²) in [4.78, 5) is 61.9. The van der Waals surface area contributed by atoms with Gasteiger partial charge in [0.1, 0.15) is 5.60 Å². The highest BCUT2D eigenvalue weighted by Crippen LogP contribution is 2.23. The number of pyridine rings is 1. The molecule has 0 spiro atoms. The third-order valence-electron chi connectivity index (χ3n) is 6.48. The Morgan fingerprint density at radius 3 is 2.67 bits per heavy atom. The SMILES string of the molecule is CC#CCn1c(N2CCC[C@@H](NC(=O)OC(C)(C)C)C2)nc2c1c(=O)n(Cc1ncccc1C(=O)O)c(=O)n2C. The second kappa shape index (κ2) is 11.3. The monoisotopic (exact) mass is 551 g/mol. The Labute approximate surface area is 230 Å². The van der Waals surface area contributed by atoms with Crippen molar-refractivity contribution in [1.29, 1.82) is 0 Å². The van der Waals surface area contributed by atoms with Gasteiger partial charge in [-0.25, -0.2) is 14.4 Å². The Balaban J connectivity index is 1.78. The number of aromatic nitrogens is 5. The maximum absolute atomic E-state index is 13.8. The fourth-order valence-electron chi connectivity index (χ4n) is 4.71. The molecule has 1 aliphatic heterocycles. The van der Waals surface area contributed by atoms with Crippen LogP contribution >= 0.6 is 0 Å². The van der Waals surface area contributed by atoms with E-state index >= 15 is 0 Å². The summed E-state index contributed by atoms with van der Waals surface area (Å²) in [5.41, 5.74) is -1.58. The molecular weight excluding hydrogens is 518 g/mol. The molecule has 212 valence electrons. The molecule has 3 aromatic rings.